The number of hydrogen-bond acceptors (Lipinski definition) is 3. The molecule has 1 aliphatic rings. The van der Waals surface area contributed by atoms with Crippen molar-refractivity contribution in [2.24, 2.45) is 5.92 Å². The maximum atomic E-state index is 12.4. The van der Waals surface area contributed by atoms with Gasteiger partial charge in [0.15, 0.2) is 0 Å². The smallest absolute Gasteiger partial charge is 0.226 e. The standard InChI is InChI=1S/C17H25NO3/c1-14(2)17(20)18(16(13-19)10-11-21-3)12-15-8-6-4-5-7-9-15/h4-6,8-9,13-14,16H,7,10-12H2,1-3H3. The first-order valence-corrected chi connectivity index (χ1v) is 7.37. The molecule has 0 aromatic carbocycles. The van der Waals surface area contributed by atoms with Crippen molar-refractivity contribution in [3.05, 3.63) is 36.0 Å². The molecule has 116 valence electrons. The number of methoxy groups -OCH3 is 1. The van der Waals surface area contributed by atoms with E-state index in [1.54, 1.807) is 12.0 Å². The monoisotopic (exact) mass is 291 g/mol. The second-order valence-electron chi connectivity index (χ2n) is 5.41. The van der Waals surface area contributed by atoms with Gasteiger partial charge < -0.3 is 14.4 Å². The summed E-state index contributed by atoms with van der Waals surface area (Å²) in [5.74, 6) is -0.141. The van der Waals surface area contributed by atoms with Crippen molar-refractivity contribution in [1.82, 2.24) is 4.90 Å². The van der Waals surface area contributed by atoms with E-state index in [9.17, 15) is 9.59 Å². The van der Waals surface area contributed by atoms with Crippen LogP contribution in [0, 0.1) is 5.92 Å². The molecular formula is C17H25NO3. The molecule has 0 saturated heterocycles. The minimum Gasteiger partial charge on any atom is -0.385 e. The number of hydrogen-bond donors (Lipinski definition) is 0. The lowest BCUT2D eigenvalue weighted by atomic mass is 10.1. The minimum absolute atomic E-state index is 0.00490. The maximum Gasteiger partial charge on any atom is 0.226 e. The Hall–Kier alpha value is -1.68. The SMILES string of the molecule is COCCC(C=O)N(CC1=CCC=CC=C1)C(=O)C(C)C. The lowest BCUT2D eigenvalue weighted by molar-refractivity contribution is -0.139. The van der Waals surface area contributed by atoms with E-state index >= 15 is 0 Å². The topological polar surface area (TPSA) is 46.6 Å². The van der Waals surface area contributed by atoms with Crippen LogP contribution in [0.2, 0.25) is 0 Å². The summed E-state index contributed by atoms with van der Waals surface area (Å²) in [6, 6.07) is -0.439. The van der Waals surface area contributed by atoms with Gasteiger partial charge in [-0.15, -0.1) is 0 Å². The summed E-state index contributed by atoms with van der Waals surface area (Å²) in [6.07, 6.45) is 12.3. The van der Waals surface area contributed by atoms with Crippen molar-refractivity contribution in [1.29, 1.82) is 0 Å². The molecule has 0 N–H and O–H groups in total. The van der Waals surface area contributed by atoms with E-state index in [-0.39, 0.29) is 11.8 Å². The minimum atomic E-state index is -0.439. The number of carbonyl (C=O) groups is 2. The molecule has 0 radical (unpaired) electrons. The van der Waals surface area contributed by atoms with E-state index in [2.05, 4.69) is 12.2 Å². The molecule has 0 aliphatic heterocycles. The molecular weight excluding hydrogens is 266 g/mol. The Bertz CT molecular complexity index is 435. The Morgan fingerprint density at radius 1 is 1.43 bits per heavy atom. The highest BCUT2D eigenvalue weighted by atomic mass is 16.5. The molecule has 1 amide bonds. The highest BCUT2D eigenvalue weighted by Crippen LogP contribution is 2.14. The molecule has 0 fully saturated rings. The van der Waals surface area contributed by atoms with Crippen LogP contribution in [0.3, 0.4) is 0 Å². The van der Waals surface area contributed by atoms with Crippen LogP contribution < -0.4 is 0 Å². The van der Waals surface area contributed by atoms with E-state index in [0.717, 1.165) is 18.3 Å². The van der Waals surface area contributed by atoms with Gasteiger partial charge in [0.25, 0.3) is 0 Å². The number of aldehydes is 1. The molecule has 0 aromatic rings. The van der Waals surface area contributed by atoms with Crippen LogP contribution in [0.15, 0.2) is 36.0 Å². The van der Waals surface area contributed by atoms with E-state index in [0.29, 0.717) is 19.6 Å². The Morgan fingerprint density at radius 3 is 2.81 bits per heavy atom. The van der Waals surface area contributed by atoms with Gasteiger partial charge in [-0.3, -0.25) is 4.79 Å². The summed E-state index contributed by atoms with van der Waals surface area (Å²) in [5.41, 5.74) is 1.05. The molecule has 0 spiro atoms. The molecule has 0 saturated carbocycles. The first-order chi connectivity index (χ1) is 10.1. The van der Waals surface area contributed by atoms with Crippen molar-refractivity contribution < 1.29 is 14.3 Å². The Morgan fingerprint density at radius 2 is 2.19 bits per heavy atom. The Labute approximate surface area is 127 Å². The van der Waals surface area contributed by atoms with Crippen LogP contribution in [-0.4, -0.2) is 43.4 Å². The predicted octanol–water partition coefficient (Wildman–Crippen LogP) is 2.52. The van der Waals surface area contributed by atoms with E-state index in [1.165, 1.54) is 0 Å². The van der Waals surface area contributed by atoms with Crippen LogP contribution in [0.5, 0.6) is 0 Å². The van der Waals surface area contributed by atoms with Gasteiger partial charge in [0.2, 0.25) is 5.91 Å². The largest absolute Gasteiger partial charge is 0.385 e. The quantitative estimate of drug-likeness (QED) is 0.646. The molecule has 1 aliphatic carbocycles. The number of rotatable bonds is 8. The van der Waals surface area contributed by atoms with Crippen molar-refractivity contribution >= 4 is 12.2 Å². The van der Waals surface area contributed by atoms with Gasteiger partial charge in [-0.25, -0.2) is 0 Å². The Balaban J connectivity index is 2.87. The molecule has 1 atom stereocenters. The fourth-order valence-electron chi connectivity index (χ4n) is 2.16. The van der Waals surface area contributed by atoms with Crippen molar-refractivity contribution in [3.63, 3.8) is 0 Å². The van der Waals surface area contributed by atoms with Crippen LogP contribution in [0.25, 0.3) is 0 Å². The number of amides is 1. The van der Waals surface area contributed by atoms with Crippen LogP contribution in [-0.2, 0) is 14.3 Å². The molecule has 4 nitrogen and oxygen atoms in total. The molecule has 1 rings (SSSR count). The van der Waals surface area contributed by atoms with E-state index in [4.69, 9.17) is 4.74 Å². The Kier molecular flexibility index (Phi) is 7.69. The third-order valence-corrected chi connectivity index (χ3v) is 3.38. The zero-order valence-corrected chi connectivity index (χ0v) is 13.1. The number of nitrogens with zero attached hydrogens (tertiary/aromatic N) is 1. The first kappa shape index (κ1) is 17.4. The molecule has 0 heterocycles. The van der Waals surface area contributed by atoms with Gasteiger partial charge in [0, 0.05) is 26.2 Å². The number of carbonyl (C=O) groups excluding carboxylic acids is 2. The first-order valence-electron chi connectivity index (χ1n) is 7.37. The summed E-state index contributed by atoms with van der Waals surface area (Å²) in [4.78, 5) is 25.5. The van der Waals surface area contributed by atoms with E-state index < -0.39 is 6.04 Å². The van der Waals surface area contributed by atoms with Crippen molar-refractivity contribution in [2.45, 2.75) is 32.7 Å². The summed E-state index contributed by atoms with van der Waals surface area (Å²) in [5, 5.41) is 0. The summed E-state index contributed by atoms with van der Waals surface area (Å²) >= 11 is 0. The average molecular weight is 291 g/mol. The van der Waals surface area contributed by atoms with Crippen LogP contribution in [0.1, 0.15) is 26.7 Å². The lowest BCUT2D eigenvalue weighted by Crippen LogP contribution is -2.45. The van der Waals surface area contributed by atoms with Gasteiger partial charge in [0.1, 0.15) is 6.29 Å². The van der Waals surface area contributed by atoms with Crippen LogP contribution >= 0.6 is 0 Å². The molecule has 0 bridgehead atoms. The summed E-state index contributed by atoms with van der Waals surface area (Å²) < 4.78 is 5.04. The van der Waals surface area contributed by atoms with Gasteiger partial charge in [-0.05, 0) is 18.4 Å². The van der Waals surface area contributed by atoms with Crippen LogP contribution in [0.4, 0.5) is 0 Å². The average Bonchev–Trinajstić information content (AvgIpc) is 2.74. The van der Waals surface area contributed by atoms with Gasteiger partial charge in [-0.1, -0.05) is 44.2 Å². The van der Waals surface area contributed by atoms with Crippen molar-refractivity contribution in [2.75, 3.05) is 20.3 Å². The van der Waals surface area contributed by atoms with Gasteiger partial charge >= 0.3 is 0 Å². The van der Waals surface area contributed by atoms with E-state index in [1.807, 2.05) is 32.1 Å². The third kappa shape index (κ3) is 5.68. The third-order valence-electron chi connectivity index (χ3n) is 3.38. The normalized spacial score (nSPS) is 15.5. The van der Waals surface area contributed by atoms with Gasteiger partial charge in [-0.2, -0.15) is 0 Å². The van der Waals surface area contributed by atoms with Gasteiger partial charge in [0.05, 0.1) is 6.04 Å². The fraction of sp³-hybridized carbons (Fsp3) is 0.529. The van der Waals surface area contributed by atoms with Crippen molar-refractivity contribution in [3.8, 4) is 0 Å². The summed E-state index contributed by atoms with van der Waals surface area (Å²) in [6.45, 7) is 4.63. The second kappa shape index (κ2) is 9.29. The summed E-state index contributed by atoms with van der Waals surface area (Å²) in [7, 11) is 1.60. The molecule has 4 heteroatoms. The molecule has 0 aromatic heterocycles. The lowest BCUT2D eigenvalue weighted by Gasteiger charge is -2.30. The zero-order valence-electron chi connectivity index (χ0n) is 13.1. The second-order valence-corrected chi connectivity index (χ2v) is 5.41. The molecule has 1 unspecified atom stereocenters. The highest BCUT2D eigenvalue weighted by molar-refractivity contribution is 5.81. The number of allylic oxidation sites excluding steroid dienone is 4. The predicted molar refractivity (Wildman–Crippen MR) is 83.9 cm³/mol. The zero-order chi connectivity index (χ0) is 15.7. The molecule has 21 heavy (non-hydrogen) atoms. The fourth-order valence-corrected chi connectivity index (χ4v) is 2.16. The maximum absolute atomic E-state index is 12.4. The highest BCUT2D eigenvalue weighted by Gasteiger charge is 2.25. The number of ether oxygens (including phenoxy) is 1.